The number of aliphatic hydroxyl groups excluding tert-OH is 1. The van der Waals surface area contributed by atoms with Crippen LogP contribution in [0, 0.1) is 11.6 Å². The Morgan fingerprint density at radius 1 is 1.43 bits per heavy atom. The highest BCUT2D eigenvalue weighted by Gasteiger charge is 2.18. The molecule has 2 amide bonds. The summed E-state index contributed by atoms with van der Waals surface area (Å²) in [5.74, 6) is -1.73. The molecule has 0 spiro atoms. The second-order valence-electron chi connectivity index (χ2n) is 4.39. The van der Waals surface area contributed by atoms with Crippen molar-refractivity contribution in [1.29, 1.82) is 0 Å². The maximum atomic E-state index is 13.4. The van der Waals surface area contributed by atoms with E-state index in [0.717, 1.165) is 12.1 Å². The molecule has 0 saturated heterocycles. The predicted octanol–water partition coefficient (Wildman–Crippen LogP) is 1.55. The van der Waals surface area contributed by atoms with Crippen LogP contribution in [-0.4, -0.2) is 27.5 Å². The van der Waals surface area contributed by atoms with Gasteiger partial charge in [0.15, 0.2) is 0 Å². The summed E-state index contributed by atoms with van der Waals surface area (Å²) in [5, 5.41) is 18.4. The summed E-state index contributed by atoms with van der Waals surface area (Å²) >= 11 is 0. The molecule has 0 fully saturated rings. The molecule has 1 aromatic heterocycles. The van der Waals surface area contributed by atoms with Gasteiger partial charge in [-0.1, -0.05) is 6.07 Å². The maximum Gasteiger partial charge on any atom is 0.319 e. The van der Waals surface area contributed by atoms with Crippen LogP contribution in [0.4, 0.5) is 19.3 Å². The molecule has 0 radical (unpaired) electrons. The van der Waals surface area contributed by atoms with Gasteiger partial charge in [-0.25, -0.2) is 13.6 Å². The zero-order valence-corrected chi connectivity index (χ0v) is 11.2. The number of carbonyl (C=O) groups is 1. The van der Waals surface area contributed by atoms with Gasteiger partial charge in [-0.3, -0.25) is 4.68 Å². The van der Waals surface area contributed by atoms with Crippen molar-refractivity contribution in [3.05, 3.63) is 47.8 Å². The number of nitrogens with one attached hydrogen (secondary N) is 2. The third-order valence-electron chi connectivity index (χ3n) is 2.75. The number of nitrogens with zero attached hydrogens (tertiary/aromatic N) is 2. The zero-order valence-electron chi connectivity index (χ0n) is 11.2. The summed E-state index contributed by atoms with van der Waals surface area (Å²) in [6, 6.07) is 2.66. The number of amides is 2. The number of hydrogen-bond acceptors (Lipinski definition) is 3. The molecular weight excluding hydrogens is 282 g/mol. The van der Waals surface area contributed by atoms with E-state index >= 15 is 0 Å². The quantitative estimate of drug-likeness (QED) is 0.801. The lowest BCUT2D eigenvalue weighted by molar-refractivity contribution is 0.166. The molecule has 0 aliphatic rings. The van der Waals surface area contributed by atoms with Crippen molar-refractivity contribution in [2.24, 2.45) is 7.05 Å². The minimum Gasteiger partial charge on any atom is -0.386 e. The van der Waals surface area contributed by atoms with E-state index in [9.17, 15) is 18.7 Å². The van der Waals surface area contributed by atoms with Gasteiger partial charge in [-0.2, -0.15) is 5.10 Å². The van der Waals surface area contributed by atoms with E-state index < -0.39 is 29.3 Å². The molecule has 0 saturated carbocycles. The second kappa shape index (κ2) is 6.31. The molecule has 1 unspecified atom stereocenters. The molecule has 2 rings (SSSR count). The van der Waals surface area contributed by atoms with Crippen LogP contribution in [0.2, 0.25) is 0 Å². The smallest absolute Gasteiger partial charge is 0.319 e. The Morgan fingerprint density at radius 3 is 2.67 bits per heavy atom. The van der Waals surface area contributed by atoms with Crippen LogP contribution in [0.1, 0.15) is 11.7 Å². The molecule has 0 aliphatic heterocycles. The number of halogens is 2. The maximum absolute atomic E-state index is 13.4. The molecular formula is C13H14F2N4O2. The Kier molecular flexibility index (Phi) is 4.49. The van der Waals surface area contributed by atoms with Crippen molar-refractivity contribution in [2.75, 3.05) is 11.9 Å². The Balaban J connectivity index is 1.91. The Labute approximate surface area is 119 Å². The largest absolute Gasteiger partial charge is 0.386 e. The minimum absolute atomic E-state index is 0.329. The van der Waals surface area contributed by atoms with Gasteiger partial charge in [0, 0.05) is 19.8 Å². The van der Waals surface area contributed by atoms with Gasteiger partial charge in [0.05, 0.1) is 17.4 Å². The van der Waals surface area contributed by atoms with Crippen LogP contribution in [0.15, 0.2) is 30.6 Å². The van der Waals surface area contributed by atoms with Crippen LogP contribution < -0.4 is 10.6 Å². The second-order valence-corrected chi connectivity index (χ2v) is 4.39. The number of aliphatic hydroxyl groups is 1. The van der Waals surface area contributed by atoms with Gasteiger partial charge in [0.1, 0.15) is 17.7 Å². The summed E-state index contributed by atoms with van der Waals surface area (Å²) in [7, 11) is 1.69. The van der Waals surface area contributed by atoms with Gasteiger partial charge in [-0.05, 0) is 12.1 Å². The van der Waals surface area contributed by atoms with Crippen LogP contribution in [0.25, 0.3) is 0 Å². The van der Waals surface area contributed by atoms with Crippen LogP contribution in [-0.2, 0) is 7.05 Å². The van der Waals surface area contributed by atoms with E-state index in [1.54, 1.807) is 13.2 Å². The van der Waals surface area contributed by atoms with E-state index in [-0.39, 0.29) is 6.54 Å². The van der Waals surface area contributed by atoms with Gasteiger partial charge in [-0.15, -0.1) is 0 Å². The highest BCUT2D eigenvalue weighted by Crippen LogP contribution is 2.19. The fourth-order valence-corrected chi connectivity index (χ4v) is 1.78. The van der Waals surface area contributed by atoms with Gasteiger partial charge in [0.25, 0.3) is 0 Å². The fourth-order valence-electron chi connectivity index (χ4n) is 1.78. The molecule has 112 valence electrons. The number of urea groups is 1. The van der Waals surface area contributed by atoms with Crippen LogP contribution in [0.5, 0.6) is 0 Å². The number of benzene rings is 1. The van der Waals surface area contributed by atoms with Crippen molar-refractivity contribution in [3.8, 4) is 0 Å². The molecule has 1 aromatic carbocycles. The van der Waals surface area contributed by atoms with Gasteiger partial charge in [0.2, 0.25) is 0 Å². The van der Waals surface area contributed by atoms with Gasteiger partial charge >= 0.3 is 6.03 Å². The first-order chi connectivity index (χ1) is 9.97. The van der Waals surface area contributed by atoms with Crippen molar-refractivity contribution in [1.82, 2.24) is 15.1 Å². The van der Waals surface area contributed by atoms with Crippen molar-refractivity contribution < 1.29 is 18.7 Å². The molecule has 0 bridgehead atoms. The van der Waals surface area contributed by atoms with Crippen molar-refractivity contribution in [3.63, 3.8) is 0 Å². The first-order valence-electron chi connectivity index (χ1n) is 6.13. The Morgan fingerprint density at radius 2 is 2.10 bits per heavy atom. The molecule has 6 nitrogen and oxygen atoms in total. The van der Waals surface area contributed by atoms with Crippen molar-refractivity contribution >= 4 is 11.7 Å². The number of carbonyl (C=O) groups excluding carboxylic acids is 1. The molecule has 21 heavy (non-hydrogen) atoms. The first kappa shape index (κ1) is 14.9. The summed E-state index contributed by atoms with van der Waals surface area (Å²) in [6.07, 6.45) is 1.53. The third kappa shape index (κ3) is 3.76. The molecule has 2 aromatic rings. The number of rotatable bonds is 4. The average molecular weight is 296 g/mol. The highest BCUT2D eigenvalue weighted by atomic mass is 19.1. The zero-order chi connectivity index (χ0) is 15.4. The number of anilines is 1. The van der Waals surface area contributed by atoms with Crippen LogP contribution >= 0.6 is 0 Å². The summed E-state index contributed by atoms with van der Waals surface area (Å²) in [4.78, 5) is 11.6. The van der Waals surface area contributed by atoms with Crippen LogP contribution in [0.3, 0.4) is 0 Å². The number of aryl methyl sites for hydroxylation is 1. The Bertz CT molecular complexity index is 625. The van der Waals surface area contributed by atoms with E-state index in [0.29, 0.717) is 5.69 Å². The molecule has 1 atom stereocenters. The molecule has 8 heteroatoms. The lowest BCUT2D eigenvalue weighted by Crippen LogP contribution is -2.32. The fraction of sp³-hybridized carbons (Fsp3) is 0.231. The lowest BCUT2D eigenvalue weighted by atomic mass is 10.1. The normalized spacial score (nSPS) is 12.0. The Hall–Kier alpha value is -2.48. The molecule has 1 heterocycles. The number of hydrogen-bond donors (Lipinski definition) is 3. The highest BCUT2D eigenvalue weighted by molar-refractivity contribution is 5.88. The van der Waals surface area contributed by atoms with Gasteiger partial charge < -0.3 is 15.7 Å². The molecule has 0 aliphatic carbocycles. The first-order valence-corrected chi connectivity index (χ1v) is 6.13. The van der Waals surface area contributed by atoms with E-state index in [1.807, 2.05) is 0 Å². The summed E-state index contributed by atoms with van der Waals surface area (Å²) in [6.45, 7) is -0.329. The van der Waals surface area contributed by atoms with E-state index in [1.165, 1.54) is 16.9 Å². The third-order valence-corrected chi connectivity index (χ3v) is 2.75. The average Bonchev–Trinajstić information content (AvgIpc) is 2.81. The predicted molar refractivity (Wildman–Crippen MR) is 71.5 cm³/mol. The van der Waals surface area contributed by atoms with E-state index in [2.05, 4.69) is 15.7 Å². The molecule has 3 N–H and O–H groups in total. The number of aromatic nitrogens is 2. The topological polar surface area (TPSA) is 79.2 Å². The van der Waals surface area contributed by atoms with E-state index in [4.69, 9.17) is 0 Å². The minimum atomic E-state index is -1.48. The summed E-state index contributed by atoms with van der Waals surface area (Å²) in [5.41, 5.74) is -0.0132. The monoisotopic (exact) mass is 296 g/mol. The summed E-state index contributed by atoms with van der Waals surface area (Å²) < 4.78 is 28.4. The lowest BCUT2D eigenvalue weighted by Gasteiger charge is -2.14. The standard InChI is InChI=1S/C13H14F2N4O2/c1-19-7-8(5-17-19)18-13(21)16-6-11(20)12-9(14)3-2-4-10(12)15/h2-5,7,11,20H,6H2,1H3,(H2,16,18,21). The van der Waals surface area contributed by atoms with Crippen molar-refractivity contribution in [2.45, 2.75) is 6.10 Å². The SMILES string of the molecule is Cn1cc(NC(=O)NCC(O)c2c(F)cccc2F)cn1.